The molecular weight excluding hydrogens is 184 g/mol. The van der Waals surface area contributed by atoms with E-state index in [1.165, 1.54) is 0 Å². The van der Waals surface area contributed by atoms with Crippen LogP contribution in [0.1, 0.15) is 19.3 Å². The van der Waals surface area contributed by atoms with Crippen molar-refractivity contribution in [3.8, 4) is 0 Å². The molecule has 0 aromatic heterocycles. The summed E-state index contributed by atoms with van der Waals surface area (Å²) in [7, 11) is 0. The minimum absolute atomic E-state index is 0.107. The van der Waals surface area contributed by atoms with Gasteiger partial charge in [0.2, 0.25) is 0 Å². The SMILES string of the molecule is NCCCC[C@H](N)C(=O)OCC1CO1. The van der Waals surface area contributed by atoms with Gasteiger partial charge in [0.15, 0.2) is 0 Å². The average molecular weight is 202 g/mol. The molecule has 0 amide bonds. The standard InChI is InChI=1S/C9H18N2O3/c10-4-2-1-3-8(11)9(12)14-6-7-5-13-7/h7-8H,1-6,10-11H2/t7?,8-/m0/s1. The number of nitrogens with two attached hydrogens (primary N) is 2. The monoisotopic (exact) mass is 202 g/mol. The van der Waals surface area contributed by atoms with Gasteiger partial charge in [0.25, 0.3) is 0 Å². The van der Waals surface area contributed by atoms with Crippen molar-refractivity contribution in [2.45, 2.75) is 31.4 Å². The molecule has 14 heavy (non-hydrogen) atoms. The second-order valence-corrected chi connectivity index (χ2v) is 3.48. The lowest BCUT2D eigenvalue weighted by Gasteiger charge is -2.09. The third-order valence-electron chi connectivity index (χ3n) is 2.09. The van der Waals surface area contributed by atoms with Gasteiger partial charge in [-0.1, -0.05) is 6.42 Å². The molecule has 0 saturated carbocycles. The Morgan fingerprint density at radius 1 is 1.57 bits per heavy atom. The summed E-state index contributed by atoms with van der Waals surface area (Å²) in [6.07, 6.45) is 2.51. The molecule has 1 aliphatic heterocycles. The minimum Gasteiger partial charge on any atom is -0.462 e. The number of esters is 1. The molecule has 2 atom stereocenters. The van der Waals surface area contributed by atoms with Gasteiger partial charge >= 0.3 is 5.97 Å². The Morgan fingerprint density at radius 2 is 2.29 bits per heavy atom. The number of carbonyl (C=O) groups is 1. The molecule has 82 valence electrons. The second-order valence-electron chi connectivity index (χ2n) is 3.48. The van der Waals surface area contributed by atoms with Gasteiger partial charge in [-0.3, -0.25) is 4.79 Å². The van der Waals surface area contributed by atoms with Gasteiger partial charge in [-0.15, -0.1) is 0 Å². The first kappa shape index (κ1) is 11.4. The van der Waals surface area contributed by atoms with E-state index in [1.54, 1.807) is 0 Å². The molecule has 1 aliphatic rings. The Morgan fingerprint density at radius 3 is 2.86 bits per heavy atom. The maximum atomic E-state index is 11.2. The summed E-state index contributed by atoms with van der Waals surface area (Å²) >= 11 is 0. The maximum absolute atomic E-state index is 11.2. The molecule has 0 aliphatic carbocycles. The first-order valence-corrected chi connectivity index (χ1v) is 4.98. The Kier molecular flexibility index (Phi) is 4.86. The first-order chi connectivity index (χ1) is 6.74. The zero-order valence-electron chi connectivity index (χ0n) is 8.28. The zero-order chi connectivity index (χ0) is 10.4. The van der Waals surface area contributed by atoms with Gasteiger partial charge in [0.05, 0.1) is 6.61 Å². The van der Waals surface area contributed by atoms with Crippen molar-refractivity contribution >= 4 is 5.97 Å². The highest BCUT2D eigenvalue weighted by Crippen LogP contribution is 2.09. The van der Waals surface area contributed by atoms with Crippen LogP contribution in [0.4, 0.5) is 0 Å². The molecule has 5 heteroatoms. The van der Waals surface area contributed by atoms with E-state index in [0.717, 1.165) is 12.8 Å². The van der Waals surface area contributed by atoms with Crippen LogP contribution in [0.15, 0.2) is 0 Å². The van der Waals surface area contributed by atoms with Crippen molar-refractivity contribution in [3.05, 3.63) is 0 Å². The zero-order valence-corrected chi connectivity index (χ0v) is 8.28. The van der Waals surface area contributed by atoms with Crippen LogP contribution in [0.3, 0.4) is 0 Å². The van der Waals surface area contributed by atoms with Crippen molar-refractivity contribution in [1.29, 1.82) is 0 Å². The quantitative estimate of drug-likeness (QED) is 0.326. The summed E-state index contributed by atoms with van der Waals surface area (Å²) in [4.78, 5) is 11.2. The van der Waals surface area contributed by atoms with Crippen LogP contribution in [0.25, 0.3) is 0 Å². The highest BCUT2D eigenvalue weighted by atomic mass is 16.6. The fourth-order valence-electron chi connectivity index (χ4n) is 1.07. The highest BCUT2D eigenvalue weighted by Gasteiger charge is 2.25. The van der Waals surface area contributed by atoms with E-state index in [2.05, 4.69) is 0 Å². The van der Waals surface area contributed by atoms with E-state index in [4.69, 9.17) is 20.9 Å². The van der Waals surface area contributed by atoms with Crippen LogP contribution in [0, 0.1) is 0 Å². The van der Waals surface area contributed by atoms with E-state index in [1.807, 2.05) is 0 Å². The largest absolute Gasteiger partial charge is 0.462 e. The molecular formula is C9H18N2O3. The van der Waals surface area contributed by atoms with E-state index >= 15 is 0 Å². The maximum Gasteiger partial charge on any atom is 0.323 e. The number of ether oxygens (including phenoxy) is 2. The molecule has 0 spiro atoms. The number of unbranched alkanes of at least 4 members (excludes halogenated alkanes) is 1. The second kappa shape index (κ2) is 5.95. The van der Waals surface area contributed by atoms with Crippen molar-refractivity contribution in [1.82, 2.24) is 0 Å². The number of carbonyl (C=O) groups excluding carboxylic acids is 1. The summed E-state index contributed by atoms with van der Waals surface area (Å²) in [6, 6.07) is -0.514. The molecule has 0 aromatic rings. The Labute approximate surface area is 83.7 Å². The molecule has 5 nitrogen and oxygen atoms in total. The Balaban J connectivity index is 2.02. The average Bonchev–Trinajstić information content (AvgIpc) is 2.98. The van der Waals surface area contributed by atoms with E-state index in [0.29, 0.717) is 26.2 Å². The van der Waals surface area contributed by atoms with Crippen LogP contribution < -0.4 is 11.5 Å². The summed E-state index contributed by atoms with van der Waals surface area (Å²) < 4.78 is 9.84. The van der Waals surface area contributed by atoms with Crippen LogP contribution in [0.5, 0.6) is 0 Å². The lowest BCUT2D eigenvalue weighted by Crippen LogP contribution is -2.33. The summed E-state index contributed by atoms with van der Waals surface area (Å²) in [6.45, 7) is 1.66. The predicted octanol–water partition coefficient (Wildman–Crippen LogP) is -0.615. The molecule has 1 rings (SSSR count). The molecule has 0 aromatic carbocycles. The normalized spacial score (nSPS) is 21.7. The lowest BCUT2D eigenvalue weighted by atomic mass is 10.1. The Bertz CT molecular complexity index is 183. The molecule has 0 bridgehead atoms. The van der Waals surface area contributed by atoms with E-state index in [9.17, 15) is 4.79 Å². The smallest absolute Gasteiger partial charge is 0.323 e. The van der Waals surface area contributed by atoms with Crippen molar-refractivity contribution in [3.63, 3.8) is 0 Å². The van der Waals surface area contributed by atoms with Crippen LogP contribution >= 0.6 is 0 Å². The fraction of sp³-hybridized carbons (Fsp3) is 0.889. The minimum atomic E-state index is -0.514. The summed E-state index contributed by atoms with van der Waals surface area (Å²) in [5, 5.41) is 0. The van der Waals surface area contributed by atoms with E-state index in [-0.39, 0.29) is 12.1 Å². The van der Waals surface area contributed by atoms with Crippen molar-refractivity contribution in [2.24, 2.45) is 11.5 Å². The molecule has 1 fully saturated rings. The molecule has 0 radical (unpaired) electrons. The van der Waals surface area contributed by atoms with Crippen molar-refractivity contribution < 1.29 is 14.3 Å². The van der Waals surface area contributed by atoms with Crippen molar-refractivity contribution in [2.75, 3.05) is 19.8 Å². The summed E-state index contributed by atoms with van der Waals surface area (Å²) in [5.74, 6) is -0.336. The number of rotatable bonds is 7. The van der Waals surface area contributed by atoms with Gasteiger partial charge in [-0.25, -0.2) is 0 Å². The van der Waals surface area contributed by atoms with Gasteiger partial charge in [0.1, 0.15) is 18.8 Å². The number of hydrogen-bond donors (Lipinski definition) is 2. The number of epoxide rings is 1. The van der Waals surface area contributed by atoms with Crippen LogP contribution in [-0.2, 0) is 14.3 Å². The molecule has 1 heterocycles. The lowest BCUT2D eigenvalue weighted by molar-refractivity contribution is -0.145. The van der Waals surface area contributed by atoms with Gasteiger partial charge in [-0.2, -0.15) is 0 Å². The van der Waals surface area contributed by atoms with Gasteiger partial charge in [-0.05, 0) is 19.4 Å². The van der Waals surface area contributed by atoms with E-state index < -0.39 is 6.04 Å². The molecule has 1 saturated heterocycles. The third kappa shape index (κ3) is 4.55. The summed E-state index contributed by atoms with van der Waals surface area (Å²) in [5.41, 5.74) is 10.9. The first-order valence-electron chi connectivity index (χ1n) is 4.98. The van der Waals surface area contributed by atoms with Gasteiger partial charge < -0.3 is 20.9 Å². The molecule has 4 N–H and O–H groups in total. The molecule has 1 unspecified atom stereocenters. The Hall–Kier alpha value is -0.650. The predicted molar refractivity (Wildman–Crippen MR) is 51.6 cm³/mol. The van der Waals surface area contributed by atoms with Gasteiger partial charge in [0, 0.05) is 0 Å². The van der Waals surface area contributed by atoms with Crippen LogP contribution in [-0.4, -0.2) is 37.9 Å². The number of hydrogen-bond acceptors (Lipinski definition) is 5. The topological polar surface area (TPSA) is 90.9 Å². The van der Waals surface area contributed by atoms with Crippen LogP contribution in [0.2, 0.25) is 0 Å². The fourth-order valence-corrected chi connectivity index (χ4v) is 1.07. The third-order valence-corrected chi connectivity index (χ3v) is 2.09. The highest BCUT2D eigenvalue weighted by molar-refractivity contribution is 5.75.